The van der Waals surface area contributed by atoms with Crippen LogP contribution in [0.25, 0.3) is 16.7 Å². The molecule has 22 heavy (non-hydrogen) atoms. The molecular formula is C19H20N2O. The number of primary amides is 1. The molecule has 0 heterocycles. The number of benzene rings is 2. The molecule has 1 aliphatic carbocycles. The van der Waals surface area contributed by atoms with Gasteiger partial charge in [0.15, 0.2) is 0 Å². The Morgan fingerprint density at radius 3 is 2.32 bits per heavy atom. The molecule has 3 nitrogen and oxygen atoms in total. The third-order valence-corrected chi connectivity index (χ3v) is 4.17. The fraction of sp³-hybridized carbons (Fsp3) is 0.211. The second kappa shape index (κ2) is 6.06. The van der Waals surface area contributed by atoms with Crippen LogP contribution in [0.4, 0.5) is 5.69 Å². The van der Waals surface area contributed by atoms with E-state index in [2.05, 4.69) is 6.08 Å². The zero-order valence-corrected chi connectivity index (χ0v) is 12.5. The fourth-order valence-electron chi connectivity index (χ4n) is 3.07. The van der Waals surface area contributed by atoms with Gasteiger partial charge in [0.1, 0.15) is 0 Å². The van der Waals surface area contributed by atoms with E-state index < -0.39 is 0 Å². The highest BCUT2D eigenvalue weighted by atomic mass is 16.1. The summed E-state index contributed by atoms with van der Waals surface area (Å²) in [6.45, 7) is 0. The Morgan fingerprint density at radius 2 is 1.68 bits per heavy atom. The maximum absolute atomic E-state index is 12.1. The van der Waals surface area contributed by atoms with Gasteiger partial charge in [-0.25, -0.2) is 0 Å². The zero-order valence-electron chi connectivity index (χ0n) is 12.5. The van der Waals surface area contributed by atoms with Gasteiger partial charge in [-0.15, -0.1) is 0 Å². The number of nitrogen functional groups attached to an aromatic ring is 1. The first kappa shape index (κ1) is 14.4. The van der Waals surface area contributed by atoms with Gasteiger partial charge in [0.05, 0.1) is 5.56 Å². The lowest BCUT2D eigenvalue weighted by Crippen LogP contribution is -2.15. The number of hydrogen-bond donors (Lipinski definition) is 2. The second-order valence-corrected chi connectivity index (χ2v) is 5.69. The number of hydrogen-bond acceptors (Lipinski definition) is 2. The highest BCUT2D eigenvalue weighted by Crippen LogP contribution is 2.34. The summed E-state index contributed by atoms with van der Waals surface area (Å²) in [6, 6.07) is 13.5. The van der Waals surface area contributed by atoms with Crippen LogP contribution in [0.15, 0.2) is 48.5 Å². The van der Waals surface area contributed by atoms with Crippen molar-refractivity contribution in [2.45, 2.75) is 25.7 Å². The molecule has 1 amide bonds. The number of carbonyl (C=O) groups is 1. The second-order valence-electron chi connectivity index (χ2n) is 5.69. The van der Waals surface area contributed by atoms with Crippen molar-refractivity contribution in [3.8, 4) is 11.1 Å². The Balaban J connectivity index is 2.16. The van der Waals surface area contributed by atoms with Crippen molar-refractivity contribution in [3.05, 3.63) is 59.7 Å². The van der Waals surface area contributed by atoms with E-state index in [-0.39, 0.29) is 5.91 Å². The van der Waals surface area contributed by atoms with Crippen LogP contribution in [0.1, 0.15) is 41.6 Å². The first-order chi connectivity index (χ1) is 10.7. The lowest BCUT2D eigenvalue weighted by molar-refractivity contribution is 0.100. The Bertz CT molecular complexity index is 730. The summed E-state index contributed by atoms with van der Waals surface area (Å²) in [7, 11) is 0. The summed E-state index contributed by atoms with van der Waals surface area (Å²) >= 11 is 0. The molecule has 0 spiro atoms. The molecule has 0 unspecified atom stereocenters. The van der Waals surface area contributed by atoms with Crippen LogP contribution in [0.2, 0.25) is 0 Å². The number of allylic oxidation sites excluding steroid dienone is 2. The standard InChI is InChI=1S/C19H20N2O/c20-15-11-9-14(10-12-15)17-8-4-7-16(18(17)19(21)22)13-5-2-1-3-6-13/h4-5,7-12H,1-3,6,20H2,(H2,21,22). The van der Waals surface area contributed by atoms with Crippen LogP contribution in [0, 0.1) is 0 Å². The molecule has 0 saturated heterocycles. The van der Waals surface area contributed by atoms with Crippen molar-refractivity contribution >= 4 is 17.2 Å². The predicted molar refractivity (Wildman–Crippen MR) is 91.3 cm³/mol. The lowest BCUT2D eigenvalue weighted by Gasteiger charge is -2.18. The van der Waals surface area contributed by atoms with E-state index >= 15 is 0 Å². The van der Waals surface area contributed by atoms with E-state index in [4.69, 9.17) is 11.5 Å². The van der Waals surface area contributed by atoms with E-state index in [0.29, 0.717) is 11.3 Å². The summed E-state index contributed by atoms with van der Waals surface area (Å²) in [6.07, 6.45) is 6.69. The van der Waals surface area contributed by atoms with Crippen molar-refractivity contribution in [2.24, 2.45) is 5.73 Å². The van der Waals surface area contributed by atoms with Crippen molar-refractivity contribution in [3.63, 3.8) is 0 Å². The Labute approximate surface area is 130 Å². The van der Waals surface area contributed by atoms with Crippen molar-refractivity contribution < 1.29 is 4.79 Å². The molecule has 0 bridgehead atoms. The van der Waals surface area contributed by atoms with Crippen molar-refractivity contribution in [1.82, 2.24) is 0 Å². The van der Waals surface area contributed by atoms with Gasteiger partial charge in [0, 0.05) is 5.69 Å². The molecule has 0 fully saturated rings. The van der Waals surface area contributed by atoms with Gasteiger partial charge < -0.3 is 11.5 Å². The molecule has 0 radical (unpaired) electrons. The number of anilines is 1. The Morgan fingerprint density at radius 1 is 0.955 bits per heavy atom. The van der Waals surface area contributed by atoms with Crippen LogP contribution < -0.4 is 11.5 Å². The van der Waals surface area contributed by atoms with Crippen molar-refractivity contribution in [2.75, 3.05) is 5.73 Å². The number of carbonyl (C=O) groups excluding carboxylic acids is 1. The van der Waals surface area contributed by atoms with E-state index in [1.807, 2.05) is 42.5 Å². The minimum Gasteiger partial charge on any atom is -0.399 e. The number of amides is 1. The quantitative estimate of drug-likeness (QED) is 0.840. The lowest BCUT2D eigenvalue weighted by atomic mass is 9.87. The summed E-state index contributed by atoms with van der Waals surface area (Å²) in [5.41, 5.74) is 16.8. The molecule has 0 atom stereocenters. The smallest absolute Gasteiger partial charge is 0.249 e. The van der Waals surface area contributed by atoms with Crippen LogP contribution >= 0.6 is 0 Å². The van der Waals surface area contributed by atoms with Crippen LogP contribution in [-0.4, -0.2) is 5.91 Å². The van der Waals surface area contributed by atoms with Gasteiger partial charge in [-0.2, -0.15) is 0 Å². The normalized spacial score (nSPS) is 14.5. The summed E-state index contributed by atoms with van der Waals surface area (Å²) in [5.74, 6) is -0.381. The number of nitrogens with two attached hydrogens (primary N) is 2. The Hall–Kier alpha value is -2.55. The van der Waals surface area contributed by atoms with E-state index in [9.17, 15) is 4.79 Å². The monoisotopic (exact) mass is 292 g/mol. The molecule has 0 aliphatic heterocycles. The first-order valence-corrected chi connectivity index (χ1v) is 7.65. The van der Waals surface area contributed by atoms with Crippen molar-refractivity contribution in [1.29, 1.82) is 0 Å². The summed E-state index contributed by atoms with van der Waals surface area (Å²) < 4.78 is 0. The van der Waals surface area contributed by atoms with Crippen LogP contribution in [0.3, 0.4) is 0 Å². The topological polar surface area (TPSA) is 69.1 Å². The average molecular weight is 292 g/mol. The van der Waals surface area contributed by atoms with Crippen LogP contribution in [-0.2, 0) is 0 Å². The van der Waals surface area contributed by atoms with E-state index in [1.165, 1.54) is 12.0 Å². The predicted octanol–water partition coefficient (Wildman–Crippen LogP) is 3.99. The minimum absolute atomic E-state index is 0.381. The third kappa shape index (κ3) is 2.75. The zero-order chi connectivity index (χ0) is 15.5. The maximum atomic E-state index is 12.1. The first-order valence-electron chi connectivity index (χ1n) is 7.65. The summed E-state index contributed by atoms with van der Waals surface area (Å²) in [5, 5.41) is 0. The number of rotatable bonds is 3. The van der Waals surface area contributed by atoms with Gasteiger partial charge >= 0.3 is 0 Å². The van der Waals surface area contributed by atoms with Gasteiger partial charge in [-0.3, -0.25) is 4.79 Å². The molecule has 112 valence electrons. The molecular weight excluding hydrogens is 272 g/mol. The fourth-order valence-corrected chi connectivity index (χ4v) is 3.07. The highest BCUT2D eigenvalue weighted by molar-refractivity contribution is 6.04. The SMILES string of the molecule is NC(=O)c1c(C2=CCCCC2)cccc1-c1ccc(N)cc1. The van der Waals surface area contributed by atoms with E-state index in [0.717, 1.165) is 36.0 Å². The average Bonchev–Trinajstić information content (AvgIpc) is 2.55. The van der Waals surface area contributed by atoms with E-state index in [1.54, 1.807) is 0 Å². The summed E-state index contributed by atoms with van der Waals surface area (Å²) in [4.78, 5) is 12.1. The molecule has 1 aliphatic rings. The Kier molecular flexibility index (Phi) is 3.96. The van der Waals surface area contributed by atoms with Crippen LogP contribution in [0.5, 0.6) is 0 Å². The molecule has 0 aromatic heterocycles. The van der Waals surface area contributed by atoms with Gasteiger partial charge in [-0.05, 0) is 60.1 Å². The molecule has 3 heteroatoms. The maximum Gasteiger partial charge on any atom is 0.249 e. The van der Waals surface area contributed by atoms with Gasteiger partial charge in [-0.1, -0.05) is 36.4 Å². The van der Waals surface area contributed by atoms with Gasteiger partial charge in [0.2, 0.25) is 5.91 Å². The molecule has 3 rings (SSSR count). The van der Waals surface area contributed by atoms with Gasteiger partial charge in [0.25, 0.3) is 0 Å². The molecule has 0 saturated carbocycles. The minimum atomic E-state index is -0.381. The molecule has 2 aromatic rings. The molecule has 4 N–H and O–H groups in total. The highest BCUT2D eigenvalue weighted by Gasteiger charge is 2.18. The third-order valence-electron chi connectivity index (χ3n) is 4.17. The largest absolute Gasteiger partial charge is 0.399 e. The molecule has 2 aromatic carbocycles.